The molecule has 0 saturated carbocycles. The van der Waals surface area contributed by atoms with E-state index in [0.717, 1.165) is 24.3 Å². The minimum absolute atomic E-state index is 0.228. The van der Waals surface area contributed by atoms with Crippen LogP contribution in [0.5, 0.6) is 0 Å². The summed E-state index contributed by atoms with van der Waals surface area (Å²) < 4.78 is 186. The van der Waals surface area contributed by atoms with Crippen LogP contribution in [0.25, 0.3) is 0 Å². The summed E-state index contributed by atoms with van der Waals surface area (Å²) in [5.41, 5.74) is 8.10. The third kappa shape index (κ3) is 11.7. The van der Waals surface area contributed by atoms with E-state index in [-0.39, 0.29) is 5.69 Å². The Bertz CT molecular complexity index is 2630. The molecule has 3 rings (SSSR count). The molecule has 0 atom stereocenters. The first kappa shape index (κ1) is 42.3. The van der Waals surface area contributed by atoms with Gasteiger partial charge in [-0.3, -0.25) is 18.2 Å². The smallest absolute Gasteiger partial charge is 0.396 e. The second-order valence-corrected chi connectivity index (χ2v) is 18.9. The monoisotopic (exact) mass is 852 g/mol. The Morgan fingerprint density at radius 3 is 1.54 bits per heavy atom. The number of azo groups is 2. The van der Waals surface area contributed by atoms with Crippen LogP contribution in [0, 0.1) is 0 Å². The van der Waals surface area contributed by atoms with Crippen molar-refractivity contribution in [2.75, 3.05) is 36.2 Å². The molecule has 0 bridgehead atoms. The first-order chi connectivity index (χ1) is 23.6. The lowest BCUT2D eigenvalue weighted by molar-refractivity contribution is 0.282. The van der Waals surface area contributed by atoms with Crippen LogP contribution in [0.3, 0.4) is 0 Å². The molecule has 0 aliphatic rings. The molecule has 3 aromatic rings. The van der Waals surface area contributed by atoms with E-state index in [9.17, 15) is 59.6 Å². The number of hydrogen-bond donors (Lipinski definition) is 6. The predicted octanol–water partition coefficient (Wildman–Crippen LogP) is 1.36. The Labute approximate surface area is 295 Å². The highest BCUT2D eigenvalue weighted by Gasteiger charge is 2.25. The van der Waals surface area contributed by atoms with Crippen LogP contribution in [0.1, 0.15) is 0 Å². The molecule has 24 nitrogen and oxygen atoms in total. The van der Waals surface area contributed by atoms with Gasteiger partial charge in [0.1, 0.15) is 26.9 Å². The third-order valence-corrected chi connectivity index (χ3v) is 12.1. The van der Waals surface area contributed by atoms with Crippen LogP contribution < -0.4 is 11.5 Å². The lowest BCUT2D eigenvalue weighted by Gasteiger charge is -2.11. The average Bonchev–Trinajstić information content (AvgIpc) is 2.98. The molecule has 3 aromatic carbocycles. The molecule has 0 aliphatic heterocycles. The fourth-order valence-corrected chi connectivity index (χ4v) is 8.13. The minimum atomic E-state index is -5.28. The summed E-state index contributed by atoms with van der Waals surface area (Å²) in [7, 11) is -29.1. The van der Waals surface area contributed by atoms with Crippen LogP contribution in [-0.4, -0.2) is 93.4 Å². The van der Waals surface area contributed by atoms with Crippen LogP contribution in [-0.2, 0) is 69.1 Å². The Morgan fingerprint density at radius 1 is 0.538 bits per heavy atom. The van der Waals surface area contributed by atoms with E-state index < -0.39 is 133 Å². The SMILES string of the molecule is Nc1c(N=Nc2ccc(S(=O)(=O)CCOS(=O)(=O)O)cc2S(=O)(=O)O)cc(S(=O)(=O)O)c(N)c1N=Nc1cccc(S(=O)(=O)CCOS(=O)(=O)O)c1. The van der Waals surface area contributed by atoms with Crippen LogP contribution in [0.15, 0.2) is 88.6 Å². The van der Waals surface area contributed by atoms with Crippen molar-refractivity contribution in [2.24, 2.45) is 20.5 Å². The summed E-state index contributed by atoms with van der Waals surface area (Å²) in [6, 6.07) is 6.89. The largest absolute Gasteiger partial charge is 0.397 e. The number of nitrogen functional groups attached to an aromatic ring is 2. The molecule has 0 spiro atoms. The van der Waals surface area contributed by atoms with E-state index in [1.807, 2.05) is 0 Å². The molecule has 0 aromatic heterocycles. The zero-order valence-corrected chi connectivity index (χ0v) is 30.2. The van der Waals surface area contributed by atoms with Crippen LogP contribution in [0.2, 0.25) is 0 Å². The average molecular weight is 853 g/mol. The Kier molecular flexibility index (Phi) is 12.6. The standard InChI is InChI=1S/C22H24N6O18S6/c23-20-17(27-26-16-5-4-15(11-18(16)49(33,34)35)48(31,32)9-7-46-52(42,43)44)12-19(50(36,37)38)21(24)22(20)28-25-13-2-1-3-14(10-13)47(29,30)8-6-45-51(39,40)41/h1-5,10-12H,6-9,23-24H2,(H,33,34,35)(H,36,37,38)(H,39,40,41)(H,42,43,44). The number of nitrogens with zero attached hydrogens (tertiary/aromatic N) is 4. The first-order valence-electron chi connectivity index (χ1n) is 13.0. The summed E-state index contributed by atoms with van der Waals surface area (Å²) in [5, 5.41) is 14.6. The Balaban J connectivity index is 2.07. The van der Waals surface area contributed by atoms with Crippen molar-refractivity contribution < 1.29 is 77.1 Å². The predicted molar refractivity (Wildman–Crippen MR) is 175 cm³/mol. The van der Waals surface area contributed by atoms with Gasteiger partial charge in [0.25, 0.3) is 20.2 Å². The molecule has 0 fully saturated rings. The quantitative estimate of drug-likeness (QED) is 0.0673. The molecule has 0 amide bonds. The van der Waals surface area contributed by atoms with E-state index in [1.54, 1.807) is 0 Å². The van der Waals surface area contributed by atoms with Gasteiger partial charge in [0, 0.05) is 0 Å². The van der Waals surface area contributed by atoms with Gasteiger partial charge in [0.2, 0.25) is 0 Å². The highest BCUT2D eigenvalue weighted by molar-refractivity contribution is 7.92. The maximum Gasteiger partial charge on any atom is 0.397 e. The van der Waals surface area contributed by atoms with Crippen LogP contribution in [0.4, 0.5) is 34.1 Å². The fraction of sp³-hybridized carbons (Fsp3) is 0.182. The summed E-state index contributed by atoms with van der Waals surface area (Å²) in [4.78, 5) is -3.45. The van der Waals surface area contributed by atoms with E-state index in [2.05, 4.69) is 28.8 Å². The van der Waals surface area contributed by atoms with Gasteiger partial charge in [-0.15, -0.1) is 15.3 Å². The van der Waals surface area contributed by atoms with E-state index in [0.29, 0.717) is 12.1 Å². The van der Waals surface area contributed by atoms with Crippen molar-refractivity contribution in [3.63, 3.8) is 0 Å². The van der Waals surface area contributed by atoms with Gasteiger partial charge in [-0.25, -0.2) is 25.2 Å². The third-order valence-electron chi connectivity index (χ3n) is 6.04. The zero-order chi connectivity index (χ0) is 39.5. The first-order valence-corrected chi connectivity index (χ1v) is 22.0. The second kappa shape index (κ2) is 15.5. The molecule has 30 heteroatoms. The Morgan fingerprint density at radius 2 is 1.04 bits per heavy atom. The topological polar surface area (TPSA) is 406 Å². The van der Waals surface area contributed by atoms with Gasteiger partial charge in [-0.2, -0.15) is 38.8 Å². The van der Waals surface area contributed by atoms with Gasteiger partial charge in [-0.05, 0) is 42.5 Å². The fourth-order valence-electron chi connectivity index (χ4n) is 3.73. The number of rotatable bonds is 16. The summed E-state index contributed by atoms with van der Waals surface area (Å²) in [6.45, 7) is -2.01. The molecule has 0 aliphatic carbocycles. The van der Waals surface area contributed by atoms with E-state index in [4.69, 9.17) is 20.6 Å². The van der Waals surface area contributed by atoms with Crippen molar-refractivity contribution in [1.82, 2.24) is 0 Å². The molecular formula is C22H24N6O18S6. The number of nitrogens with two attached hydrogens (primary N) is 2. The number of benzene rings is 3. The number of sulfone groups is 2. The summed E-state index contributed by atoms with van der Waals surface area (Å²) in [5.74, 6) is -1.98. The van der Waals surface area contributed by atoms with Crippen molar-refractivity contribution in [3.05, 3.63) is 48.5 Å². The summed E-state index contributed by atoms with van der Waals surface area (Å²) in [6.07, 6.45) is 0. The Hall–Kier alpha value is -4.08. The normalized spacial score (nSPS) is 13.6. The highest BCUT2D eigenvalue weighted by atomic mass is 32.3. The highest BCUT2D eigenvalue weighted by Crippen LogP contribution is 2.43. The van der Waals surface area contributed by atoms with Gasteiger partial charge >= 0.3 is 20.8 Å². The second-order valence-electron chi connectivity index (χ2n) is 9.68. The van der Waals surface area contributed by atoms with E-state index >= 15 is 0 Å². The molecule has 286 valence electrons. The molecule has 0 saturated heterocycles. The van der Waals surface area contributed by atoms with Crippen molar-refractivity contribution in [1.29, 1.82) is 0 Å². The molecule has 0 heterocycles. The van der Waals surface area contributed by atoms with Gasteiger partial charge in [0.15, 0.2) is 19.7 Å². The van der Waals surface area contributed by atoms with E-state index in [1.165, 1.54) is 12.1 Å². The van der Waals surface area contributed by atoms with Crippen molar-refractivity contribution >= 4 is 94.8 Å². The molecule has 52 heavy (non-hydrogen) atoms. The van der Waals surface area contributed by atoms with Gasteiger partial charge in [-0.1, -0.05) is 6.07 Å². The van der Waals surface area contributed by atoms with Gasteiger partial charge < -0.3 is 11.5 Å². The molecule has 0 radical (unpaired) electrons. The minimum Gasteiger partial charge on any atom is -0.396 e. The molecule has 0 unspecified atom stereocenters. The maximum absolute atomic E-state index is 12.6. The molecule has 8 N–H and O–H groups in total. The number of hydrogen-bond acceptors (Lipinski definition) is 20. The van der Waals surface area contributed by atoms with Crippen molar-refractivity contribution in [3.8, 4) is 0 Å². The van der Waals surface area contributed by atoms with Crippen molar-refractivity contribution in [2.45, 2.75) is 19.6 Å². The van der Waals surface area contributed by atoms with Gasteiger partial charge in [0.05, 0.1) is 51.6 Å². The van der Waals surface area contributed by atoms with Crippen LogP contribution >= 0.6 is 0 Å². The zero-order valence-electron chi connectivity index (χ0n) is 25.3. The lowest BCUT2D eigenvalue weighted by Crippen LogP contribution is -2.16. The maximum atomic E-state index is 12.6. The number of anilines is 2. The summed E-state index contributed by atoms with van der Waals surface area (Å²) >= 11 is 0. The molecular weight excluding hydrogens is 829 g/mol. The lowest BCUT2D eigenvalue weighted by atomic mass is 10.2.